The maximum absolute atomic E-state index is 4.67. The molecule has 0 bridgehead atoms. The van der Waals surface area contributed by atoms with Crippen LogP contribution in [0.25, 0.3) is 0 Å². The van der Waals surface area contributed by atoms with Crippen LogP contribution >= 0.6 is 0 Å². The van der Waals surface area contributed by atoms with Crippen molar-refractivity contribution in [3.63, 3.8) is 0 Å². The summed E-state index contributed by atoms with van der Waals surface area (Å²) < 4.78 is 2.34. The predicted molar refractivity (Wildman–Crippen MR) is 75.6 cm³/mol. The monoisotopic (exact) mass is 249 g/mol. The van der Waals surface area contributed by atoms with E-state index in [-0.39, 0.29) is 0 Å². The minimum Gasteiger partial charge on any atom is -0.332 e. The van der Waals surface area contributed by atoms with Gasteiger partial charge >= 0.3 is 0 Å². The number of hydrogen-bond donors (Lipinski definition) is 0. The smallest absolute Gasteiger partial charge is 0.123 e. The van der Waals surface area contributed by atoms with Crippen LogP contribution in [0, 0.1) is 5.92 Å². The third kappa shape index (κ3) is 3.58. The lowest BCUT2D eigenvalue weighted by Gasteiger charge is -2.27. The molecule has 0 atom stereocenters. The van der Waals surface area contributed by atoms with Crippen LogP contribution in [0.2, 0.25) is 0 Å². The van der Waals surface area contributed by atoms with Crippen LogP contribution in [0.4, 0.5) is 0 Å². The van der Waals surface area contributed by atoms with Crippen molar-refractivity contribution in [2.24, 2.45) is 5.92 Å². The summed E-state index contributed by atoms with van der Waals surface area (Å²) in [5.41, 5.74) is 1.25. The van der Waals surface area contributed by atoms with Gasteiger partial charge in [0, 0.05) is 25.8 Å². The molecule has 3 heteroatoms. The van der Waals surface area contributed by atoms with Gasteiger partial charge < -0.3 is 4.57 Å². The van der Waals surface area contributed by atoms with E-state index in [0.717, 1.165) is 25.4 Å². The molecule has 0 N–H and O–H groups in total. The van der Waals surface area contributed by atoms with Crippen molar-refractivity contribution in [2.45, 2.75) is 59.5 Å². The predicted octanol–water partition coefficient (Wildman–Crippen LogP) is 3.09. The van der Waals surface area contributed by atoms with Gasteiger partial charge in [-0.05, 0) is 25.2 Å². The van der Waals surface area contributed by atoms with Crippen LogP contribution in [0.1, 0.15) is 51.6 Å². The Hall–Kier alpha value is -0.830. The standard InChI is InChI=1S/C12H19N3.C3H8/c1-2-11-8-15-6-5-14(7-10-3-4-10)9-12(15)13-11;1-3-2/h8,10H,2-7,9H2,1H3;3H2,1-2H3. The van der Waals surface area contributed by atoms with Crippen LogP contribution in [0.3, 0.4) is 0 Å². The van der Waals surface area contributed by atoms with Gasteiger partial charge in [-0.25, -0.2) is 4.98 Å². The van der Waals surface area contributed by atoms with Crippen LogP contribution in [0.15, 0.2) is 6.20 Å². The van der Waals surface area contributed by atoms with Crippen LogP contribution < -0.4 is 0 Å². The molecular weight excluding hydrogens is 222 g/mol. The van der Waals surface area contributed by atoms with Gasteiger partial charge in [-0.15, -0.1) is 0 Å². The first-order valence-corrected chi connectivity index (χ1v) is 7.54. The highest BCUT2D eigenvalue weighted by Gasteiger charge is 2.26. The summed E-state index contributed by atoms with van der Waals surface area (Å²) in [5.74, 6) is 2.27. The zero-order valence-corrected chi connectivity index (χ0v) is 12.2. The van der Waals surface area contributed by atoms with Gasteiger partial charge in [0.2, 0.25) is 0 Å². The molecule has 1 fully saturated rings. The zero-order chi connectivity index (χ0) is 13.0. The fourth-order valence-corrected chi connectivity index (χ4v) is 2.35. The van der Waals surface area contributed by atoms with Crippen LogP contribution in [-0.4, -0.2) is 27.5 Å². The second-order valence-electron chi connectivity index (χ2n) is 5.58. The molecule has 2 heterocycles. The molecule has 1 aromatic rings. The van der Waals surface area contributed by atoms with Gasteiger partial charge in [-0.3, -0.25) is 4.90 Å². The molecule has 0 saturated heterocycles. The lowest BCUT2D eigenvalue weighted by Crippen LogP contribution is -2.34. The fraction of sp³-hybridized carbons (Fsp3) is 0.800. The van der Waals surface area contributed by atoms with Gasteiger partial charge in [0.25, 0.3) is 0 Å². The van der Waals surface area contributed by atoms with E-state index in [1.807, 2.05) is 0 Å². The summed E-state index contributed by atoms with van der Waals surface area (Å²) in [5, 5.41) is 0. The Bertz CT molecular complexity index is 366. The van der Waals surface area contributed by atoms with E-state index in [4.69, 9.17) is 0 Å². The molecule has 1 aromatic heterocycles. The molecule has 102 valence electrons. The first-order valence-electron chi connectivity index (χ1n) is 7.54. The van der Waals surface area contributed by atoms with E-state index in [1.165, 1.54) is 43.9 Å². The number of aromatic nitrogens is 2. The third-order valence-electron chi connectivity index (χ3n) is 3.51. The maximum atomic E-state index is 4.67. The lowest BCUT2D eigenvalue weighted by molar-refractivity contribution is 0.209. The molecule has 1 aliphatic carbocycles. The van der Waals surface area contributed by atoms with Crippen molar-refractivity contribution >= 4 is 0 Å². The number of imidazole rings is 1. The molecule has 3 rings (SSSR count). The number of rotatable bonds is 3. The van der Waals surface area contributed by atoms with Crippen molar-refractivity contribution in [1.29, 1.82) is 0 Å². The van der Waals surface area contributed by atoms with Crippen molar-refractivity contribution in [3.8, 4) is 0 Å². The average Bonchev–Trinajstić information content (AvgIpc) is 3.07. The van der Waals surface area contributed by atoms with E-state index in [2.05, 4.69) is 41.4 Å². The molecular formula is C15H27N3. The first kappa shape index (κ1) is 13.6. The van der Waals surface area contributed by atoms with Gasteiger partial charge in [-0.2, -0.15) is 0 Å². The Morgan fingerprint density at radius 2 is 1.94 bits per heavy atom. The van der Waals surface area contributed by atoms with Crippen LogP contribution in [-0.2, 0) is 19.5 Å². The topological polar surface area (TPSA) is 21.1 Å². The summed E-state index contributed by atoms with van der Waals surface area (Å²) in [6.07, 6.45) is 7.43. The van der Waals surface area contributed by atoms with E-state index in [9.17, 15) is 0 Å². The lowest BCUT2D eigenvalue weighted by atomic mass is 10.3. The van der Waals surface area contributed by atoms with Gasteiger partial charge in [0.15, 0.2) is 0 Å². The average molecular weight is 249 g/mol. The summed E-state index contributed by atoms with van der Waals surface area (Å²) in [4.78, 5) is 7.24. The molecule has 0 aromatic carbocycles. The van der Waals surface area contributed by atoms with Crippen LogP contribution in [0.5, 0.6) is 0 Å². The Morgan fingerprint density at radius 1 is 1.22 bits per heavy atom. The Balaban J connectivity index is 0.000000367. The number of hydrogen-bond acceptors (Lipinski definition) is 2. The van der Waals surface area contributed by atoms with Crippen molar-refractivity contribution < 1.29 is 0 Å². The highest BCUT2D eigenvalue weighted by molar-refractivity contribution is 5.06. The minimum atomic E-state index is 0.997. The van der Waals surface area contributed by atoms with Gasteiger partial charge in [0.1, 0.15) is 5.82 Å². The van der Waals surface area contributed by atoms with E-state index in [0.29, 0.717) is 0 Å². The molecule has 0 unspecified atom stereocenters. The Labute approximate surface area is 111 Å². The molecule has 1 aliphatic heterocycles. The summed E-state index contributed by atoms with van der Waals surface area (Å²) in [6.45, 7) is 11.1. The fourth-order valence-electron chi connectivity index (χ4n) is 2.35. The highest BCUT2D eigenvalue weighted by Crippen LogP contribution is 2.30. The second-order valence-corrected chi connectivity index (χ2v) is 5.58. The molecule has 0 spiro atoms. The molecule has 18 heavy (non-hydrogen) atoms. The first-order chi connectivity index (χ1) is 8.76. The number of aryl methyl sites for hydroxylation is 1. The largest absolute Gasteiger partial charge is 0.332 e. The van der Waals surface area contributed by atoms with Crippen molar-refractivity contribution in [2.75, 3.05) is 13.1 Å². The quantitative estimate of drug-likeness (QED) is 0.821. The maximum Gasteiger partial charge on any atom is 0.123 e. The Morgan fingerprint density at radius 3 is 2.56 bits per heavy atom. The van der Waals surface area contributed by atoms with Crippen molar-refractivity contribution in [3.05, 3.63) is 17.7 Å². The molecule has 0 radical (unpaired) electrons. The van der Waals surface area contributed by atoms with E-state index in [1.54, 1.807) is 0 Å². The van der Waals surface area contributed by atoms with Gasteiger partial charge in [0.05, 0.1) is 12.2 Å². The molecule has 2 aliphatic rings. The third-order valence-corrected chi connectivity index (χ3v) is 3.51. The Kier molecular flexibility index (Phi) is 4.81. The zero-order valence-electron chi connectivity index (χ0n) is 12.2. The normalized spacial score (nSPS) is 19.1. The van der Waals surface area contributed by atoms with Gasteiger partial charge in [-0.1, -0.05) is 27.2 Å². The minimum absolute atomic E-state index is 0.997. The van der Waals surface area contributed by atoms with E-state index < -0.39 is 0 Å². The summed E-state index contributed by atoms with van der Waals surface area (Å²) in [6, 6.07) is 0. The summed E-state index contributed by atoms with van der Waals surface area (Å²) in [7, 11) is 0. The van der Waals surface area contributed by atoms with Crippen molar-refractivity contribution in [1.82, 2.24) is 14.5 Å². The SMILES string of the molecule is CCC.CCc1cn2c(n1)CN(CC1CC1)CC2. The summed E-state index contributed by atoms with van der Waals surface area (Å²) >= 11 is 0. The number of fused-ring (bicyclic) bond motifs is 1. The second kappa shape index (κ2) is 6.37. The highest BCUT2D eigenvalue weighted by atomic mass is 15.2. The molecule has 1 saturated carbocycles. The molecule has 0 amide bonds. The van der Waals surface area contributed by atoms with E-state index >= 15 is 0 Å². The number of nitrogens with zero attached hydrogens (tertiary/aromatic N) is 3. The molecule has 3 nitrogen and oxygen atoms in total.